The molecule has 0 radical (unpaired) electrons. The Balaban J connectivity index is 1.86. The van der Waals surface area contributed by atoms with Gasteiger partial charge in [0.1, 0.15) is 0 Å². The van der Waals surface area contributed by atoms with E-state index in [1.807, 2.05) is 24.3 Å². The average Bonchev–Trinajstić information content (AvgIpc) is 2.64. The van der Waals surface area contributed by atoms with Crippen molar-refractivity contribution in [3.63, 3.8) is 0 Å². The molecular weight excluding hydrogens is 398 g/mol. The van der Waals surface area contributed by atoms with Crippen molar-refractivity contribution in [2.75, 3.05) is 37.4 Å². The Hall–Kier alpha value is -2.38. The molecule has 0 aliphatic rings. The predicted molar refractivity (Wildman–Crippen MR) is 107 cm³/mol. The number of benzene rings is 2. The average molecular weight is 420 g/mol. The molecule has 138 valence electrons. The predicted octanol–water partition coefficient (Wildman–Crippen LogP) is 3.27. The number of methoxy groups -OCH3 is 1. The first-order valence-corrected chi connectivity index (χ1v) is 9.05. The van der Waals surface area contributed by atoms with Gasteiger partial charge in [0.25, 0.3) is 5.91 Å². The minimum absolute atomic E-state index is 0.121. The maximum absolute atomic E-state index is 12.1. The lowest BCUT2D eigenvalue weighted by atomic mass is 10.2. The number of carbonyl (C=O) groups is 2. The van der Waals surface area contributed by atoms with Crippen LogP contribution in [0.5, 0.6) is 0 Å². The molecule has 6 nitrogen and oxygen atoms in total. The third kappa shape index (κ3) is 6.50. The van der Waals surface area contributed by atoms with Crippen LogP contribution in [0.25, 0.3) is 0 Å². The first-order chi connectivity index (χ1) is 12.6. The van der Waals surface area contributed by atoms with Gasteiger partial charge in [-0.05, 0) is 52.7 Å². The summed E-state index contributed by atoms with van der Waals surface area (Å²) in [4.78, 5) is 24.2. The van der Waals surface area contributed by atoms with Crippen molar-refractivity contribution in [2.45, 2.75) is 6.42 Å². The van der Waals surface area contributed by atoms with Crippen LogP contribution in [-0.4, -0.2) is 38.6 Å². The van der Waals surface area contributed by atoms with E-state index in [-0.39, 0.29) is 18.4 Å². The molecule has 0 saturated heterocycles. The van der Waals surface area contributed by atoms with E-state index in [1.165, 1.54) is 0 Å². The molecule has 2 amide bonds. The van der Waals surface area contributed by atoms with Gasteiger partial charge in [0.15, 0.2) is 0 Å². The van der Waals surface area contributed by atoms with Crippen molar-refractivity contribution in [3.05, 3.63) is 58.6 Å². The van der Waals surface area contributed by atoms with E-state index in [1.54, 1.807) is 31.4 Å². The van der Waals surface area contributed by atoms with E-state index >= 15 is 0 Å². The molecule has 0 aromatic heterocycles. The molecule has 26 heavy (non-hydrogen) atoms. The van der Waals surface area contributed by atoms with Crippen molar-refractivity contribution in [1.29, 1.82) is 0 Å². The molecule has 2 aromatic rings. The third-order valence-corrected chi connectivity index (χ3v) is 4.22. The van der Waals surface area contributed by atoms with Gasteiger partial charge >= 0.3 is 0 Å². The van der Waals surface area contributed by atoms with E-state index < -0.39 is 0 Å². The molecule has 0 unspecified atom stereocenters. The number of rotatable bonds is 9. The SMILES string of the molecule is COCCCNC(=O)c1cccc(NC(=O)CNc2ccccc2Br)c1. The Morgan fingerprint density at radius 3 is 2.69 bits per heavy atom. The zero-order chi connectivity index (χ0) is 18.8. The fourth-order valence-electron chi connectivity index (χ4n) is 2.24. The summed E-state index contributed by atoms with van der Waals surface area (Å²) in [5.41, 5.74) is 1.92. The van der Waals surface area contributed by atoms with Gasteiger partial charge in [0.2, 0.25) is 5.91 Å². The van der Waals surface area contributed by atoms with E-state index in [9.17, 15) is 9.59 Å². The zero-order valence-electron chi connectivity index (χ0n) is 14.5. The van der Waals surface area contributed by atoms with Crippen LogP contribution in [0.2, 0.25) is 0 Å². The largest absolute Gasteiger partial charge is 0.385 e. The Kier molecular flexibility index (Phi) is 8.11. The van der Waals surface area contributed by atoms with Crippen LogP contribution < -0.4 is 16.0 Å². The smallest absolute Gasteiger partial charge is 0.251 e. The molecule has 0 aliphatic carbocycles. The molecule has 0 saturated carbocycles. The number of ether oxygens (including phenoxy) is 1. The number of carbonyl (C=O) groups excluding carboxylic acids is 2. The maximum atomic E-state index is 12.1. The topological polar surface area (TPSA) is 79.5 Å². The molecule has 3 N–H and O–H groups in total. The summed E-state index contributed by atoms with van der Waals surface area (Å²) in [7, 11) is 1.62. The second kappa shape index (κ2) is 10.6. The highest BCUT2D eigenvalue weighted by molar-refractivity contribution is 9.10. The van der Waals surface area contributed by atoms with Gasteiger partial charge in [-0.3, -0.25) is 9.59 Å². The monoisotopic (exact) mass is 419 g/mol. The van der Waals surface area contributed by atoms with Gasteiger partial charge in [-0.25, -0.2) is 0 Å². The van der Waals surface area contributed by atoms with Gasteiger partial charge in [0, 0.05) is 41.7 Å². The summed E-state index contributed by atoms with van der Waals surface area (Å²) in [6, 6.07) is 14.4. The highest BCUT2D eigenvalue weighted by atomic mass is 79.9. The number of anilines is 2. The molecule has 7 heteroatoms. The van der Waals surface area contributed by atoms with Crippen LogP contribution in [0, 0.1) is 0 Å². The number of halogens is 1. The van der Waals surface area contributed by atoms with Gasteiger partial charge in [-0.15, -0.1) is 0 Å². The number of hydrogen-bond donors (Lipinski definition) is 3. The molecule has 2 rings (SSSR count). The summed E-state index contributed by atoms with van der Waals surface area (Å²) in [6.45, 7) is 1.26. The second-order valence-corrected chi connectivity index (χ2v) is 6.42. The van der Waals surface area contributed by atoms with Crippen LogP contribution in [0.4, 0.5) is 11.4 Å². The van der Waals surface area contributed by atoms with E-state index in [2.05, 4.69) is 31.9 Å². The summed E-state index contributed by atoms with van der Waals surface area (Å²) in [5.74, 6) is -0.373. The van der Waals surface area contributed by atoms with E-state index in [0.717, 1.165) is 16.6 Å². The number of amides is 2. The number of para-hydroxylation sites is 1. The minimum atomic E-state index is -0.196. The van der Waals surface area contributed by atoms with Gasteiger partial charge < -0.3 is 20.7 Å². The molecule has 0 spiro atoms. The van der Waals surface area contributed by atoms with E-state index in [0.29, 0.717) is 24.4 Å². The first kappa shape index (κ1) is 19.9. The molecule has 0 atom stereocenters. The maximum Gasteiger partial charge on any atom is 0.251 e. The van der Waals surface area contributed by atoms with Crippen molar-refractivity contribution in [1.82, 2.24) is 5.32 Å². The van der Waals surface area contributed by atoms with Crippen molar-refractivity contribution in [2.24, 2.45) is 0 Å². The Morgan fingerprint density at radius 1 is 1.12 bits per heavy atom. The highest BCUT2D eigenvalue weighted by Crippen LogP contribution is 2.20. The van der Waals surface area contributed by atoms with Gasteiger partial charge in [0.05, 0.1) is 6.54 Å². The van der Waals surface area contributed by atoms with Gasteiger partial charge in [-0.1, -0.05) is 18.2 Å². The number of nitrogens with one attached hydrogen (secondary N) is 3. The summed E-state index contributed by atoms with van der Waals surface area (Å²) >= 11 is 3.42. The lowest BCUT2D eigenvalue weighted by Crippen LogP contribution is -2.25. The van der Waals surface area contributed by atoms with Gasteiger partial charge in [-0.2, -0.15) is 0 Å². The van der Waals surface area contributed by atoms with Crippen LogP contribution in [0.3, 0.4) is 0 Å². The van der Waals surface area contributed by atoms with Crippen LogP contribution >= 0.6 is 15.9 Å². The van der Waals surface area contributed by atoms with Crippen molar-refractivity contribution >= 4 is 39.1 Å². The quantitative estimate of drug-likeness (QED) is 0.544. The fourth-order valence-corrected chi connectivity index (χ4v) is 2.67. The fraction of sp³-hybridized carbons (Fsp3) is 0.263. The normalized spacial score (nSPS) is 10.2. The minimum Gasteiger partial charge on any atom is -0.385 e. The molecule has 0 fully saturated rings. The molecular formula is C19H22BrN3O3. The molecule has 0 bridgehead atoms. The lowest BCUT2D eigenvalue weighted by Gasteiger charge is -2.10. The lowest BCUT2D eigenvalue weighted by molar-refractivity contribution is -0.114. The van der Waals surface area contributed by atoms with Crippen LogP contribution in [0.1, 0.15) is 16.8 Å². The standard InChI is InChI=1S/C19H22BrN3O3/c1-26-11-5-10-21-19(25)14-6-4-7-15(12-14)23-18(24)13-22-17-9-3-2-8-16(17)20/h2-4,6-9,12,22H,5,10-11,13H2,1H3,(H,21,25)(H,23,24). The third-order valence-electron chi connectivity index (χ3n) is 3.53. The molecule has 0 heterocycles. The summed E-state index contributed by atoms with van der Waals surface area (Å²) in [5, 5.41) is 8.66. The zero-order valence-corrected chi connectivity index (χ0v) is 16.1. The Labute approximate surface area is 161 Å². The summed E-state index contributed by atoms with van der Waals surface area (Å²) in [6.07, 6.45) is 0.749. The van der Waals surface area contributed by atoms with E-state index in [4.69, 9.17) is 4.74 Å². The van der Waals surface area contributed by atoms with Crippen LogP contribution in [0.15, 0.2) is 53.0 Å². The van der Waals surface area contributed by atoms with Crippen molar-refractivity contribution in [3.8, 4) is 0 Å². The Morgan fingerprint density at radius 2 is 1.92 bits per heavy atom. The summed E-state index contributed by atoms with van der Waals surface area (Å²) < 4.78 is 5.84. The van der Waals surface area contributed by atoms with Crippen LogP contribution in [-0.2, 0) is 9.53 Å². The molecule has 2 aromatic carbocycles. The molecule has 0 aliphatic heterocycles. The van der Waals surface area contributed by atoms with Crippen molar-refractivity contribution < 1.29 is 14.3 Å². The highest BCUT2D eigenvalue weighted by Gasteiger charge is 2.08. The Bertz CT molecular complexity index is 752. The second-order valence-electron chi connectivity index (χ2n) is 5.56. The first-order valence-electron chi connectivity index (χ1n) is 8.25. The number of hydrogen-bond acceptors (Lipinski definition) is 4.